The lowest BCUT2D eigenvalue weighted by Crippen LogP contribution is -2.13. The fourth-order valence-corrected chi connectivity index (χ4v) is 1.39. The number of carbonyl (C=O) groups is 1. The van der Waals surface area contributed by atoms with Gasteiger partial charge in [-0.05, 0) is 24.3 Å². The molecule has 0 spiro atoms. The van der Waals surface area contributed by atoms with Crippen LogP contribution in [-0.4, -0.2) is 25.7 Å². The highest BCUT2D eigenvalue weighted by atomic mass is 19.1. The Kier molecular flexibility index (Phi) is 2.11. The van der Waals surface area contributed by atoms with Gasteiger partial charge in [-0.3, -0.25) is 0 Å². The zero-order chi connectivity index (χ0) is 10.1. The molecule has 1 atom stereocenters. The number of rotatable bonds is 2. The van der Waals surface area contributed by atoms with Gasteiger partial charge in [-0.2, -0.15) is 0 Å². The lowest BCUT2D eigenvalue weighted by atomic mass is 10.3. The van der Waals surface area contributed by atoms with Crippen LogP contribution in [0.3, 0.4) is 0 Å². The van der Waals surface area contributed by atoms with E-state index in [2.05, 4.69) is 4.74 Å². The number of halogens is 1. The Hall–Kier alpha value is -1.58. The maximum atomic E-state index is 12.6. The van der Waals surface area contributed by atoms with Crippen molar-refractivity contribution in [3.05, 3.63) is 30.1 Å². The standard InChI is InChI=1S/C10H10FNO2/c1-14-10(13)9-6-12(9)8-4-2-7(11)3-5-8/h2-5,9H,6H2,1H3/t9-,12?/m0/s1. The quantitative estimate of drug-likeness (QED) is 0.524. The summed E-state index contributed by atoms with van der Waals surface area (Å²) in [7, 11) is 1.36. The summed E-state index contributed by atoms with van der Waals surface area (Å²) in [4.78, 5) is 12.9. The molecule has 4 heteroatoms. The Bertz CT molecular complexity index is 350. The molecule has 1 aliphatic rings. The van der Waals surface area contributed by atoms with Gasteiger partial charge in [-0.15, -0.1) is 0 Å². The first-order chi connectivity index (χ1) is 6.72. The molecule has 1 aromatic rings. The van der Waals surface area contributed by atoms with E-state index in [4.69, 9.17) is 0 Å². The minimum atomic E-state index is -0.273. The fourth-order valence-electron chi connectivity index (χ4n) is 1.39. The summed E-state index contributed by atoms with van der Waals surface area (Å²) in [5.74, 6) is -0.514. The van der Waals surface area contributed by atoms with Gasteiger partial charge in [0.15, 0.2) is 0 Å². The van der Waals surface area contributed by atoms with Crippen molar-refractivity contribution < 1.29 is 13.9 Å². The molecule has 0 bridgehead atoms. The van der Waals surface area contributed by atoms with Crippen LogP contribution in [0.25, 0.3) is 0 Å². The van der Waals surface area contributed by atoms with E-state index < -0.39 is 0 Å². The van der Waals surface area contributed by atoms with Gasteiger partial charge in [0, 0.05) is 5.69 Å². The molecular formula is C10H10FNO2. The van der Waals surface area contributed by atoms with E-state index in [9.17, 15) is 9.18 Å². The minimum Gasteiger partial charge on any atom is -0.467 e. The smallest absolute Gasteiger partial charge is 0.330 e. The Balaban J connectivity index is 2.06. The van der Waals surface area contributed by atoms with Crippen LogP contribution in [0.5, 0.6) is 0 Å². The van der Waals surface area contributed by atoms with Crippen molar-refractivity contribution >= 4 is 11.7 Å². The highest BCUT2D eigenvalue weighted by molar-refractivity contribution is 5.86. The molecule has 3 nitrogen and oxygen atoms in total. The summed E-state index contributed by atoms with van der Waals surface area (Å²) in [5.41, 5.74) is 0.849. The van der Waals surface area contributed by atoms with Crippen LogP contribution >= 0.6 is 0 Å². The summed E-state index contributed by atoms with van der Waals surface area (Å²) < 4.78 is 17.2. The first-order valence-corrected chi connectivity index (χ1v) is 4.32. The number of anilines is 1. The van der Waals surface area contributed by atoms with Crippen LogP contribution in [0.1, 0.15) is 0 Å². The molecule has 0 radical (unpaired) electrons. The Morgan fingerprint density at radius 3 is 2.71 bits per heavy atom. The van der Waals surface area contributed by atoms with E-state index in [-0.39, 0.29) is 17.8 Å². The highest BCUT2D eigenvalue weighted by Gasteiger charge is 2.41. The molecule has 1 fully saturated rings. The number of esters is 1. The topological polar surface area (TPSA) is 29.3 Å². The van der Waals surface area contributed by atoms with Gasteiger partial charge in [-0.1, -0.05) is 0 Å². The molecule has 1 heterocycles. The number of nitrogens with zero attached hydrogens (tertiary/aromatic N) is 1. The molecule has 0 aromatic heterocycles. The third kappa shape index (κ3) is 1.55. The van der Waals surface area contributed by atoms with Gasteiger partial charge in [0.05, 0.1) is 13.7 Å². The lowest BCUT2D eigenvalue weighted by molar-refractivity contribution is -0.139. The van der Waals surface area contributed by atoms with Crippen molar-refractivity contribution in [3.63, 3.8) is 0 Å². The molecule has 2 rings (SSSR count). The maximum absolute atomic E-state index is 12.6. The fraction of sp³-hybridized carbons (Fsp3) is 0.300. The van der Waals surface area contributed by atoms with Crippen LogP contribution in [0, 0.1) is 5.82 Å². The zero-order valence-corrected chi connectivity index (χ0v) is 7.74. The van der Waals surface area contributed by atoms with E-state index in [0.29, 0.717) is 6.54 Å². The SMILES string of the molecule is COC(=O)[C@@H]1CN1c1ccc(F)cc1. The predicted octanol–water partition coefficient (Wildman–Crippen LogP) is 1.19. The second kappa shape index (κ2) is 3.29. The number of benzene rings is 1. The first-order valence-electron chi connectivity index (χ1n) is 4.32. The van der Waals surface area contributed by atoms with Crippen LogP contribution < -0.4 is 4.90 Å². The van der Waals surface area contributed by atoms with E-state index in [1.54, 1.807) is 12.1 Å². The van der Waals surface area contributed by atoms with E-state index >= 15 is 0 Å². The zero-order valence-electron chi connectivity index (χ0n) is 7.74. The van der Waals surface area contributed by atoms with Crippen LogP contribution in [0.15, 0.2) is 24.3 Å². The van der Waals surface area contributed by atoms with Gasteiger partial charge in [0.25, 0.3) is 0 Å². The summed E-state index contributed by atoms with van der Waals surface area (Å²) in [5, 5.41) is 0. The van der Waals surface area contributed by atoms with Crippen LogP contribution in [-0.2, 0) is 9.53 Å². The molecule has 1 aromatic carbocycles. The van der Waals surface area contributed by atoms with Crippen molar-refractivity contribution in [1.82, 2.24) is 0 Å². The Morgan fingerprint density at radius 1 is 1.50 bits per heavy atom. The molecule has 0 N–H and O–H groups in total. The van der Waals surface area contributed by atoms with E-state index in [1.807, 2.05) is 4.90 Å². The molecule has 0 aliphatic carbocycles. The number of ether oxygens (including phenoxy) is 1. The molecule has 74 valence electrons. The molecule has 1 aliphatic heterocycles. The molecular weight excluding hydrogens is 185 g/mol. The Morgan fingerprint density at radius 2 is 2.14 bits per heavy atom. The van der Waals surface area contributed by atoms with Crippen molar-refractivity contribution in [1.29, 1.82) is 0 Å². The summed E-state index contributed by atoms with van der Waals surface area (Å²) in [6.07, 6.45) is 0. The normalized spacial score (nSPS) is 19.3. The van der Waals surface area contributed by atoms with Gasteiger partial charge in [0.1, 0.15) is 11.9 Å². The average molecular weight is 195 g/mol. The van der Waals surface area contributed by atoms with Crippen molar-refractivity contribution in [2.45, 2.75) is 6.04 Å². The highest BCUT2D eigenvalue weighted by Crippen LogP contribution is 2.28. The maximum Gasteiger partial charge on any atom is 0.330 e. The lowest BCUT2D eigenvalue weighted by Gasteiger charge is -2.03. The Labute approximate surface area is 81.1 Å². The molecule has 1 saturated heterocycles. The molecule has 14 heavy (non-hydrogen) atoms. The predicted molar refractivity (Wildman–Crippen MR) is 49.6 cm³/mol. The van der Waals surface area contributed by atoms with Gasteiger partial charge in [-0.25, -0.2) is 9.18 Å². The van der Waals surface area contributed by atoms with Crippen molar-refractivity contribution in [2.75, 3.05) is 18.6 Å². The van der Waals surface area contributed by atoms with Gasteiger partial charge in [0.2, 0.25) is 0 Å². The molecule has 0 saturated carbocycles. The summed E-state index contributed by atoms with van der Waals surface area (Å²) in [6.45, 7) is 0.651. The largest absolute Gasteiger partial charge is 0.467 e. The second-order valence-electron chi connectivity index (χ2n) is 3.17. The summed E-state index contributed by atoms with van der Waals surface area (Å²) in [6, 6.07) is 5.87. The number of methoxy groups -OCH3 is 1. The minimum absolute atomic E-state index is 0.189. The number of carbonyl (C=O) groups excluding carboxylic acids is 1. The van der Waals surface area contributed by atoms with Gasteiger partial charge < -0.3 is 9.64 Å². The second-order valence-corrected chi connectivity index (χ2v) is 3.17. The first kappa shape index (κ1) is 8.99. The van der Waals surface area contributed by atoms with Crippen molar-refractivity contribution in [3.8, 4) is 0 Å². The summed E-state index contributed by atoms with van der Waals surface area (Å²) >= 11 is 0. The van der Waals surface area contributed by atoms with Crippen molar-refractivity contribution in [2.24, 2.45) is 0 Å². The average Bonchev–Trinajstić information content (AvgIpc) is 2.98. The van der Waals surface area contributed by atoms with Crippen LogP contribution in [0.4, 0.5) is 10.1 Å². The monoisotopic (exact) mass is 195 g/mol. The van der Waals surface area contributed by atoms with Gasteiger partial charge >= 0.3 is 5.97 Å². The van der Waals surface area contributed by atoms with E-state index in [0.717, 1.165) is 5.69 Å². The van der Waals surface area contributed by atoms with E-state index in [1.165, 1.54) is 19.2 Å². The number of hydrogen-bond donors (Lipinski definition) is 0. The number of hydrogen-bond acceptors (Lipinski definition) is 3. The molecule has 0 amide bonds. The molecule has 0 unspecified atom stereocenters. The van der Waals surface area contributed by atoms with Crippen LogP contribution in [0.2, 0.25) is 0 Å². The third-order valence-electron chi connectivity index (χ3n) is 2.24. The third-order valence-corrected chi connectivity index (χ3v) is 2.24.